The third kappa shape index (κ3) is 7.66. The summed E-state index contributed by atoms with van der Waals surface area (Å²) < 4.78 is 27.2. The molecule has 1 aromatic carbocycles. The van der Waals surface area contributed by atoms with Gasteiger partial charge in [0.1, 0.15) is 0 Å². The molecule has 0 fully saturated rings. The van der Waals surface area contributed by atoms with E-state index in [1.807, 2.05) is 0 Å². The molecule has 3 unspecified atom stereocenters. The molecule has 0 saturated carbocycles. The van der Waals surface area contributed by atoms with Crippen LogP contribution in [0, 0.1) is 15.5 Å². The number of non-ortho nitro benzene ring substituents is 1. The minimum absolute atomic E-state index is 0.00929. The summed E-state index contributed by atoms with van der Waals surface area (Å²) in [5, 5.41) is 14.8. The number of methoxy groups -OCH3 is 1. The van der Waals surface area contributed by atoms with Gasteiger partial charge in [0.15, 0.2) is 0 Å². The average Bonchev–Trinajstić information content (AvgIpc) is 2.90. The minimum atomic E-state index is -1.17. The van der Waals surface area contributed by atoms with Crippen LogP contribution in [0.4, 0.5) is 5.69 Å². The van der Waals surface area contributed by atoms with Gasteiger partial charge in [-0.15, -0.1) is 0 Å². The van der Waals surface area contributed by atoms with Gasteiger partial charge < -0.3 is 29.0 Å². The maximum atomic E-state index is 13.7. The van der Waals surface area contributed by atoms with E-state index in [-0.39, 0.29) is 28.1 Å². The Hall–Kier alpha value is -3.77. The summed E-state index contributed by atoms with van der Waals surface area (Å²) in [7, 11) is 1.19. The zero-order valence-electron chi connectivity index (χ0n) is 24.2. The van der Waals surface area contributed by atoms with E-state index < -0.39 is 53.2 Å². The Morgan fingerprint density at radius 3 is 2.00 bits per heavy atom. The van der Waals surface area contributed by atoms with Gasteiger partial charge in [0.2, 0.25) is 6.79 Å². The first-order valence-electron chi connectivity index (χ1n) is 12.9. The van der Waals surface area contributed by atoms with Gasteiger partial charge in [-0.25, -0.2) is 9.59 Å². The lowest BCUT2D eigenvalue weighted by Gasteiger charge is -2.36. The molecule has 0 saturated heterocycles. The number of dihydropyridines is 1. The molecule has 12 nitrogen and oxygen atoms in total. The molecule has 40 heavy (non-hydrogen) atoms. The van der Waals surface area contributed by atoms with Gasteiger partial charge in [-0.3, -0.25) is 14.9 Å². The zero-order chi connectivity index (χ0) is 30.2. The molecule has 1 N–H and O–H groups in total. The second kappa shape index (κ2) is 14.0. The third-order valence-corrected chi connectivity index (χ3v) is 6.11. The molecule has 12 heteroatoms. The lowest BCUT2D eigenvalue weighted by Crippen LogP contribution is -2.41. The van der Waals surface area contributed by atoms with Crippen molar-refractivity contribution >= 4 is 23.6 Å². The second-order valence-electron chi connectivity index (χ2n) is 9.98. The predicted molar refractivity (Wildman–Crippen MR) is 144 cm³/mol. The Bertz CT molecular complexity index is 1180. The average molecular weight is 563 g/mol. The topological polar surface area (TPSA) is 153 Å². The number of benzene rings is 1. The Labute approximate surface area is 233 Å². The van der Waals surface area contributed by atoms with Crippen molar-refractivity contribution in [2.24, 2.45) is 5.41 Å². The number of nitrogens with zero attached hydrogens (tertiary/aromatic N) is 1. The normalized spacial score (nSPS) is 17.1. The molecular formula is C28H38N2O10. The van der Waals surface area contributed by atoms with Crippen molar-refractivity contribution in [1.82, 2.24) is 5.32 Å². The molecule has 3 atom stereocenters. The number of ether oxygens (including phenoxy) is 5. The van der Waals surface area contributed by atoms with Crippen LogP contribution in [0.5, 0.6) is 0 Å². The van der Waals surface area contributed by atoms with Crippen molar-refractivity contribution in [3.05, 3.63) is 62.5 Å². The van der Waals surface area contributed by atoms with Gasteiger partial charge in [0, 0.05) is 25.3 Å². The first-order valence-corrected chi connectivity index (χ1v) is 12.9. The van der Waals surface area contributed by atoms with Crippen LogP contribution in [0.1, 0.15) is 59.9 Å². The van der Waals surface area contributed by atoms with Crippen LogP contribution in [-0.2, 0) is 38.1 Å². The highest BCUT2D eigenvalue weighted by Crippen LogP contribution is 2.42. The summed E-state index contributed by atoms with van der Waals surface area (Å²) in [4.78, 5) is 50.3. The molecule has 0 spiro atoms. The zero-order valence-corrected chi connectivity index (χ0v) is 24.2. The summed E-state index contributed by atoms with van der Waals surface area (Å²) in [5.41, 5.74) is -0.287. The molecule has 220 valence electrons. The third-order valence-electron chi connectivity index (χ3n) is 6.11. The molecule has 1 aromatic rings. The van der Waals surface area contributed by atoms with Crippen molar-refractivity contribution in [1.29, 1.82) is 0 Å². The molecule has 0 amide bonds. The highest BCUT2D eigenvalue weighted by Gasteiger charge is 2.43. The lowest BCUT2D eigenvalue weighted by atomic mass is 9.78. The molecule has 0 radical (unpaired) electrons. The first kappa shape index (κ1) is 32.4. The van der Waals surface area contributed by atoms with E-state index in [9.17, 15) is 24.5 Å². The SMILES string of the molecule is CCOC(C)C1=C(C(=O)OC)C(c2cccc([N+](=O)[O-])c2)C(C(=O)OCOC(=O)C(C)(C)C)=C(C(C)OCC)N1. The summed E-state index contributed by atoms with van der Waals surface area (Å²) in [5.74, 6) is -3.46. The van der Waals surface area contributed by atoms with Crippen LogP contribution in [0.25, 0.3) is 0 Å². The molecule has 1 heterocycles. The van der Waals surface area contributed by atoms with Crippen LogP contribution in [-0.4, -0.2) is 62.2 Å². The Morgan fingerprint density at radius 2 is 1.52 bits per heavy atom. The fourth-order valence-corrected chi connectivity index (χ4v) is 4.19. The number of nitrogens with one attached hydrogen (secondary N) is 1. The van der Waals surface area contributed by atoms with Gasteiger partial charge >= 0.3 is 17.9 Å². The molecule has 0 aliphatic carbocycles. The van der Waals surface area contributed by atoms with E-state index in [2.05, 4.69) is 5.32 Å². The van der Waals surface area contributed by atoms with Gasteiger partial charge in [-0.1, -0.05) is 12.1 Å². The van der Waals surface area contributed by atoms with Crippen molar-refractivity contribution in [3.63, 3.8) is 0 Å². The number of hydrogen-bond donors (Lipinski definition) is 1. The fourth-order valence-electron chi connectivity index (χ4n) is 4.19. The highest BCUT2D eigenvalue weighted by atomic mass is 16.7. The van der Waals surface area contributed by atoms with Gasteiger partial charge in [-0.05, 0) is 54.0 Å². The van der Waals surface area contributed by atoms with Crippen LogP contribution in [0.2, 0.25) is 0 Å². The van der Waals surface area contributed by atoms with E-state index in [0.717, 1.165) is 0 Å². The monoisotopic (exact) mass is 562 g/mol. The van der Waals surface area contributed by atoms with Crippen molar-refractivity contribution in [2.45, 2.75) is 66.6 Å². The van der Waals surface area contributed by atoms with Crippen molar-refractivity contribution in [2.75, 3.05) is 27.1 Å². The second-order valence-corrected chi connectivity index (χ2v) is 9.98. The van der Waals surface area contributed by atoms with Gasteiger partial charge in [0.25, 0.3) is 5.69 Å². The number of carbonyl (C=O) groups excluding carboxylic acids is 3. The molecule has 0 aromatic heterocycles. The van der Waals surface area contributed by atoms with E-state index >= 15 is 0 Å². The molecule has 0 bridgehead atoms. The van der Waals surface area contributed by atoms with E-state index in [4.69, 9.17) is 23.7 Å². The quantitative estimate of drug-likeness (QED) is 0.171. The number of rotatable bonds is 12. The fraction of sp³-hybridized carbons (Fsp3) is 0.536. The molecule has 1 aliphatic heterocycles. The summed E-state index contributed by atoms with van der Waals surface area (Å²) in [6, 6.07) is 5.59. The standard InChI is InChI=1S/C28H38N2O10/c1-9-37-16(3)23-21(25(31)36-8)20(18-12-11-13-19(14-18)30(34)35)22(24(29-23)17(4)38-10-2)26(32)39-15-40-27(33)28(5,6)7/h11-14,16-17,20,29H,9-10,15H2,1-8H3. The number of esters is 3. The largest absolute Gasteiger partial charge is 0.466 e. The Kier molecular flexibility index (Phi) is 11.4. The minimum Gasteiger partial charge on any atom is -0.466 e. The van der Waals surface area contributed by atoms with Crippen LogP contribution >= 0.6 is 0 Å². The molecule has 1 aliphatic rings. The van der Waals surface area contributed by atoms with Crippen LogP contribution in [0.3, 0.4) is 0 Å². The summed E-state index contributed by atoms with van der Waals surface area (Å²) in [6.45, 7) is 11.9. The number of nitro benzene ring substituents is 1. The number of carbonyl (C=O) groups is 3. The van der Waals surface area contributed by atoms with Crippen molar-refractivity contribution < 1.29 is 43.0 Å². The molecule has 2 rings (SSSR count). The van der Waals surface area contributed by atoms with Crippen molar-refractivity contribution in [3.8, 4) is 0 Å². The summed E-state index contributed by atoms with van der Waals surface area (Å²) >= 11 is 0. The van der Waals surface area contributed by atoms with Gasteiger partial charge in [-0.2, -0.15) is 0 Å². The smallest absolute Gasteiger partial charge is 0.339 e. The maximum absolute atomic E-state index is 13.7. The Morgan fingerprint density at radius 1 is 0.975 bits per heavy atom. The Balaban J connectivity index is 2.80. The lowest BCUT2D eigenvalue weighted by molar-refractivity contribution is -0.384. The van der Waals surface area contributed by atoms with E-state index in [1.165, 1.54) is 25.3 Å². The predicted octanol–water partition coefficient (Wildman–Crippen LogP) is 3.90. The van der Waals surface area contributed by atoms with E-state index in [0.29, 0.717) is 18.9 Å². The first-order chi connectivity index (χ1) is 18.8. The number of nitro groups is 1. The van der Waals surface area contributed by atoms with Crippen LogP contribution in [0.15, 0.2) is 46.8 Å². The van der Waals surface area contributed by atoms with Crippen LogP contribution < -0.4 is 5.32 Å². The number of hydrogen-bond acceptors (Lipinski definition) is 11. The summed E-state index contributed by atoms with van der Waals surface area (Å²) in [6.07, 6.45) is -1.36. The van der Waals surface area contributed by atoms with Gasteiger partial charge in [0.05, 0.1) is 58.1 Å². The van der Waals surface area contributed by atoms with E-state index in [1.54, 1.807) is 54.5 Å². The maximum Gasteiger partial charge on any atom is 0.339 e. The highest BCUT2D eigenvalue weighted by molar-refractivity contribution is 6.00. The molecular weight excluding hydrogens is 524 g/mol.